The molecule has 28 heavy (non-hydrogen) atoms. The van der Waals surface area contributed by atoms with Gasteiger partial charge in [0.15, 0.2) is 5.13 Å². The van der Waals surface area contributed by atoms with Gasteiger partial charge in [0.2, 0.25) is 0 Å². The van der Waals surface area contributed by atoms with Crippen LogP contribution in [0.5, 0.6) is 5.75 Å². The fourth-order valence-corrected chi connectivity index (χ4v) is 3.57. The molecule has 2 heterocycles. The molecular formula is C20H16FN3O3S. The van der Waals surface area contributed by atoms with E-state index in [1.165, 1.54) is 23.5 Å². The quantitative estimate of drug-likeness (QED) is 0.520. The first-order valence-corrected chi connectivity index (χ1v) is 9.33. The first kappa shape index (κ1) is 18.1. The molecule has 8 heteroatoms. The lowest BCUT2D eigenvalue weighted by Gasteiger charge is -2.07. The van der Waals surface area contributed by atoms with E-state index in [2.05, 4.69) is 15.5 Å². The maximum Gasteiger partial charge on any atom is 0.257 e. The van der Waals surface area contributed by atoms with Gasteiger partial charge in [-0.15, -0.1) is 0 Å². The summed E-state index contributed by atoms with van der Waals surface area (Å²) >= 11 is 1.22. The third-order valence-electron chi connectivity index (χ3n) is 4.25. The van der Waals surface area contributed by atoms with Crippen LogP contribution in [-0.2, 0) is 6.61 Å². The lowest BCUT2D eigenvalue weighted by atomic mass is 10.2. The van der Waals surface area contributed by atoms with Crippen LogP contribution in [0.2, 0.25) is 0 Å². The molecule has 1 N–H and O–H groups in total. The highest BCUT2D eigenvalue weighted by Crippen LogP contribution is 2.27. The molecule has 0 aliphatic rings. The number of benzene rings is 2. The van der Waals surface area contributed by atoms with Crippen LogP contribution >= 0.6 is 11.3 Å². The van der Waals surface area contributed by atoms with Crippen molar-refractivity contribution in [2.45, 2.75) is 20.5 Å². The smallest absolute Gasteiger partial charge is 0.257 e. The average Bonchev–Trinajstić information content (AvgIpc) is 3.22. The number of halogens is 1. The van der Waals surface area contributed by atoms with Crippen molar-refractivity contribution in [1.29, 1.82) is 0 Å². The second-order valence-corrected chi connectivity index (χ2v) is 7.23. The number of aryl methyl sites for hydroxylation is 2. The SMILES string of the molecule is Cc1noc(C)c1COc1ccc(C(=O)Nc2nc3ccc(F)cc3s2)cc1. The molecule has 0 atom stereocenters. The van der Waals surface area contributed by atoms with Crippen LogP contribution in [0.25, 0.3) is 10.2 Å². The number of amides is 1. The van der Waals surface area contributed by atoms with Crippen molar-refractivity contribution >= 4 is 32.6 Å². The second-order valence-electron chi connectivity index (χ2n) is 6.20. The minimum atomic E-state index is -0.332. The summed E-state index contributed by atoms with van der Waals surface area (Å²) in [6, 6.07) is 11.1. The van der Waals surface area contributed by atoms with Crippen LogP contribution in [0.3, 0.4) is 0 Å². The van der Waals surface area contributed by atoms with Crippen LogP contribution in [0.4, 0.5) is 9.52 Å². The molecule has 142 valence electrons. The van der Waals surface area contributed by atoms with E-state index in [-0.39, 0.29) is 11.7 Å². The van der Waals surface area contributed by atoms with Gasteiger partial charge in [0.25, 0.3) is 5.91 Å². The lowest BCUT2D eigenvalue weighted by molar-refractivity contribution is 0.102. The summed E-state index contributed by atoms with van der Waals surface area (Å²) in [4.78, 5) is 16.7. The van der Waals surface area contributed by atoms with Crippen LogP contribution < -0.4 is 10.1 Å². The third kappa shape index (κ3) is 3.72. The molecule has 4 rings (SSSR count). The van der Waals surface area contributed by atoms with E-state index in [9.17, 15) is 9.18 Å². The van der Waals surface area contributed by atoms with E-state index in [1.807, 2.05) is 13.8 Å². The van der Waals surface area contributed by atoms with E-state index in [0.717, 1.165) is 17.0 Å². The number of carbonyl (C=O) groups excluding carboxylic acids is 1. The van der Waals surface area contributed by atoms with Crippen LogP contribution in [0.15, 0.2) is 47.0 Å². The average molecular weight is 397 g/mol. The number of hydrogen-bond acceptors (Lipinski definition) is 6. The van der Waals surface area contributed by atoms with E-state index in [4.69, 9.17) is 9.26 Å². The third-order valence-corrected chi connectivity index (χ3v) is 5.19. The van der Waals surface area contributed by atoms with Crippen molar-refractivity contribution in [3.63, 3.8) is 0 Å². The van der Waals surface area contributed by atoms with Gasteiger partial charge in [-0.25, -0.2) is 9.37 Å². The van der Waals surface area contributed by atoms with Gasteiger partial charge in [0, 0.05) is 5.56 Å². The molecule has 0 aliphatic heterocycles. The van der Waals surface area contributed by atoms with Crippen molar-refractivity contribution in [3.05, 3.63) is 70.9 Å². The van der Waals surface area contributed by atoms with Crippen LogP contribution in [-0.4, -0.2) is 16.0 Å². The number of thiazole rings is 1. The predicted octanol–water partition coefficient (Wildman–Crippen LogP) is 4.87. The molecule has 4 aromatic rings. The summed E-state index contributed by atoms with van der Waals surface area (Å²) in [6.45, 7) is 4.04. The van der Waals surface area contributed by atoms with Crippen molar-refractivity contribution in [1.82, 2.24) is 10.1 Å². The van der Waals surface area contributed by atoms with Crippen molar-refractivity contribution in [2.24, 2.45) is 0 Å². The lowest BCUT2D eigenvalue weighted by Crippen LogP contribution is -2.11. The summed E-state index contributed by atoms with van der Waals surface area (Å²) in [5.41, 5.74) is 2.82. The van der Waals surface area contributed by atoms with Crippen molar-refractivity contribution in [3.8, 4) is 5.75 Å². The Labute approximate surface area is 164 Å². The zero-order chi connectivity index (χ0) is 19.7. The highest BCUT2D eigenvalue weighted by atomic mass is 32.1. The number of rotatable bonds is 5. The van der Waals surface area contributed by atoms with Gasteiger partial charge >= 0.3 is 0 Å². The molecule has 1 amide bonds. The predicted molar refractivity (Wildman–Crippen MR) is 104 cm³/mol. The Bertz CT molecular complexity index is 1130. The van der Waals surface area contributed by atoms with Gasteiger partial charge in [-0.2, -0.15) is 0 Å². The molecule has 2 aromatic heterocycles. The molecule has 0 saturated carbocycles. The number of nitrogens with zero attached hydrogens (tertiary/aromatic N) is 2. The molecule has 0 unspecified atom stereocenters. The van der Waals surface area contributed by atoms with Crippen LogP contribution in [0, 0.1) is 19.7 Å². The normalized spacial score (nSPS) is 11.0. The number of hydrogen-bond donors (Lipinski definition) is 1. The Morgan fingerprint density at radius 2 is 2.00 bits per heavy atom. The standard InChI is InChI=1S/C20H16FN3O3S/c1-11-16(12(2)27-24-11)10-26-15-6-3-13(4-7-15)19(25)23-20-22-17-8-5-14(21)9-18(17)28-20/h3-9H,10H2,1-2H3,(H,22,23,25). The van der Waals surface area contributed by atoms with Crippen LogP contribution in [0.1, 0.15) is 27.4 Å². The topological polar surface area (TPSA) is 77.2 Å². The molecule has 0 aliphatic carbocycles. The van der Waals surface area contributed by atoms with E-state index in [1.54, 1.807) is 30.3 Å². The van der Waals surface area contributed by atoms with Gasteiger partial charge in [-0.05, 0) is 56.3 Å². The summed E-state index contributed by atoms with van der Waals surface area (Å²) < 4.78 is 24.8. The zero-order valence-corrected chi connectivity index (χ0v) is 16.0. The number of ether oxygens (including phenoxy) is 1. The summed E-state index contributed by atoms with van der Waals surface area (Å²) in [5, 5.41) is 7.05. The number of nitrogens with one attached hydrogen (secondary N) is 1. The summed E-state index contributed by atoms with van der Waals surface area (Å²) in [7, 11) is 0. The number of anilines is 1. The van der Waals surface area contributed by atoms with Crippen molar-refractivity contribution in [2.75, 3.05) is 5.32 Å². The molecule has 0 fully saturated rings. The first-order valence-electron chi connectivity index (χ1n) is 8.51. The molecular weight excluding hydrogens is 381 g/mol. The fraction of sp³-hybridized carbons (Fsp3) is 0.150. The Balaban J connectivity index is 1.41. The van der Waals surface area contributed by atoms with Gasteiger partial charge < -0.3 is 9.26 Å². The van der Waals surface area contributed by atoms with Gasteiger partial charge in [-0.3, -0.25) is 10.1 Å². The highest BCUT2D eigenvalue weighted by molar-refractivity contribution is 7.22. The minimum Gasteiger partial charge on any atom is -0.489 e. The summed E-state index contributed by atoms with van der Waals surface area (Å²) in [5.74, 6) is 0.731. The zero-order valence-electron chi connectivity index (χ0n) is 15.2. The van der Waals surface area contributed by atoms with Crippen molar-refractivity contribution < 1.29 is 18.4 Å². The molecule has 0 bridgehead atoms. The Hall–Kier alpha value is -3.26. The molecule has 2 aromatic carbocycles. The highest BCUT2D eigenvalue weighted by Gasteiger charge is 2.12. The minimum absolute atomic E-state index is 0.295. The Morgan fingerprint density at radius 3 is 2.71 bits per heavy atom. The molecule has 0 saturated heterocycles. The maximum absolute atomic E-state index is 13.3. The number of carbonyl (C=O) groups is 1. The Morgan fingerprint density at radius 1 is 1.21 bits per heavy atom. The second kappa shape index (κ2) is 7.40. The Kier molecular flexibility index (Phi) is 4.79. The molecule has 6 nitrogen and oxygen atoms in total. The van der Waals surface area contributed by atoms with E-state index >= 15 is 0 Å². The fourth-order valence-electron chi connectivity index (χ4n) is 2.69. The molecule has 0 radical (unpaired) electrons. The number of aromatic nitrogens is 2. The van der Waals surface area contributed by atoms with Gasteiger partial charge in [0.1, 0.15) is 23.9 Å². The monoisotopic (exact) mass is 397 g/mol. The maximum atomic E-state index is 13.3. The molecule has 0 spiro atoms. The largest absolute Gasteiger partial charge is 0.489 e. The van der Waals surface area contributed by atoms with Gasteiger partial charge in [0.05, 0.1) is 21.5 Å². The first-order chi connectivity index (χ1) is 13.5. The summed E-state index contributed by atoms with van der Waals surface area (Å²) in [6.07, 6.45) is 0. The number of fused-ring (bicyclic) bond motifs is 1. The van der Waals surface area contributed by atoms with Gasteiger partial charge in [-0.1, -0.05) is 16.5 Å². The van der Waals surface area contributed by atoms with E-state index < -0.39 is 0 Å². The van der Waals surface area contributed by atoms with E-state index in [0.29, 0.717) is 33.3 Å².